The van der Waals surface area contributed by atoms with Crippen molar-refractivity contribution in [3.8, 4) is 0 Å². The Hall–Kier alpha value is -0.0600. The molecule has 0 aliphatic carbocycles. The Bertz CT molecular complexity index is 351. The Morgan fingerprint density at radius 1 is 1.60 bits per heavy atom. The maximum atomic E-state index is 11.8. The van der Waals surface area contributed by atoms with Crippen molar-refractivity contribution in [1.29, 1.82) is 0 Å². The van der Waals surface area contributed by atoms with Gasteiger partial charge in [0.25, 0.3) is 5.91 Å². The highest BCUT2D eigenvalue weighted by Crippen LogP contribution is 2.22. The molecule has 84 valence electrons. The lowest BCUT2D eigenvalue weighted by Gasteiger charge is -2.24. The van der Waals surface area contributed by atoms with E-state index in [1.165, 1.54) is 11.3 Å². The molecule has 0 saturated carbocycles. The van der Waals surface area contributed by atoms with Gasteiger partial charge < -0.3 is 5.32 Å². The van der Waals surface area contributed by atoms with E-state index in [0.29, 0.717) is 9.21 Å². The molecule has 1 amide bonds. The minimum Gasteiger partial charge on any atom is -0.346 e. The lowest BCUT2D eigenvalue weighted by molar-refractivity contribution is 0.0916. The fraction of sp³-hybridized carbons (Fsp3) is 0.500. The van der Waals surface area contributed by atoms with E-state index in [4.69, 9.17) is 11.6 Å². The molecule has 0 radical (unpaired) electrons. The van der Waals surface area contributed by atoms with Crippen LogP contribution in [0.5, 0.6) is 0 Å². The van der Waals surface area contributed by atoms with Gasteiger partial charge in [-0.05, 0) is 32.4 Å². The van der Waals surface area contributed by atoms with Gasteiger partial charge in [0.1, 0.15) is 0 Å². The molecule has 0 aliphatic rings. The van der Waals surface area contributed by atoms with Crippen molar-refractivity contribution in [2.45, 2.75) is 25.8 Å². The van der Waals surface area contributed by atoms with Gasteiger partial charge in [0.05, 0.1) is 9.21 Å². The van der Waals surface area contributed by atoms with E-state index < -0.39 is 0 Å². The number of amides is 1. The van der Waals surface area contributed by atoms with Gasteiger partial charge in [-0.3, -0.25) is 4.79 Å². The number of carbonyl (C=O) groups excluding carboxylic acids is 1. The third-order valence-electron chi connectivity index (χ3n) is 1.97. The molecule has 0 aromatic carbocycles. The van der Waals surface area contributed by atoms with Crippen LogP contribution >= 0.6 is 38.9 Å². The van der Waals surface area contributed by atoms with Crippen molar-refractivity contribution < 1.29 is 4.79 Å². The number of carbonyl (C=O) groups is 1. The molecule has 1 rings (SSSR count). The van der Waals surface area contributed by atoms with Crippen molar-refractivity contribution in [2.24, 2.45) is 0 Å². The standard InChI is InChI=1S/C10H13BrClNOS/c1-10(2,5-6-11)13-9(14)7-3-4-8(12)15-7/h3-4H,5-6H2,1-2H3,(H,13,14). The van der Waals surface area contributed by atoms with E-state index in [1.807, 2.05) is 13.8 Å². The molecule has 0 unspecified atom stereocenters. The quantitative estimate of drug-likeness (QED) is 0.844. The van der Waals surface area contributed by atoms with Crippen molar-refractivity contribution in [3.63, 3.8) is 0 Å². The lowest BCUT2D eigenvalue weighted by atomic mass is 10.0. The van der Waals surface area contributed by atoms with Gasteiger partial charge in [0.15, 0.2) is 0 Å². The summed E-state index contributed by atoms with van der Waals surface area (Å²) in [4.78, 5) is 12.4. The number of alkyl halides is 1. The molecule has 15 heavy (non-hydrogen) atoms. The first kappa shape index (κ1) is 13.0. The number of thiophene rings is 1. The molecule has 2 nitrogen and oxygen atoms in total. The van der Waals surface area contributed by atoms with E-state index in [9.17, 15) is 4.79 Å². The topological polar surface area (TPSA) is 29.1 Å². The summed E-state index contributed by atoms with van der Waals surface area (Å²) in [6, 6.07) is 3.48. The maximum absolute atomic E-state index is 11.8. The van der Waals surface area contributed by atoms with Crippen LogP contribution < -0.4 is 5.32 Å². The van der Waals surface area contributed by atoms with Gasteiger partial charge in [0.2, 0.25) is 0 Å². The molecule has 5 heteroatoms. The lowest BCUT2D eigenvalue weighted by Crippen LogP contribution is -2.43. The summed E-state index contributed by atoms with van der Waals surface area (Å²) in [6.45, 7) is 4.00. The van der Waals surface area contributed by atoms with Crippen LogP contribution in [-0.2, 0) is 0 Å². The molecule has 1 aromatic rings. The molecule has 1 N–H and O–H groups in total. The number of hydrogen-bond donors (Lipinski definition) is 1. The summed E-state index contributed by atoms with van der Waals surface area (Å²) in [5.74, 6) is -0.0575. The third-order valence-corrected chi connectivity index (χ3v) is 3.59. The first-order chi connectivity index (χ1) is 6.94. The van der Waals surface area contributed by atoms with Crippen molar-refractivity contribution >= 4 is 44.8 Å². The normalized spacial score (nSPS) is 11.5. The zero-order valence-electron chi connectivity index (χ0n) is 8.64. The Morgan fingerprint density at radius 3 is 2.73 bits per heavy atom. The molecule has 0 spiro atoms. The molecule has 1 aromatic heterocycles. The summed E-state index contributed by atoms with van der Waals surface area (Å²) < 4.78 is 0.637. The van der Waals surface area contributed by atoms with E-state index in [0.717, 1.165) is 11.8 Å². The summed E-state index contributed by atoms with van der Waals surface area (Å²) in [7, 11) is 0. The SMILES string of the molecule is CC(C)(CCBr)NC(=O)c1ccc(Cl)s1. The zero-order chi connectivity index (χ0) is 11.5. The molecular formula is C10H13BrClNOS. The predicted octanol–water partition coefficient (Wildman–Crippen LogP) is 3.69. The fourth-order valence-electron chi connectivity index (χ4n) is 1.10. The molecule has 1 heterocycles. The molecule has 0 atom stereocenters. The van der Waals surface area contributed by atoms with Gasteiger partial charge in [-0.15, -0.1) is 11.3 Å². The van der Waals surface area contributed by atoms with Gasteiger partial charge >= 0.3 is 0 Å². The van der Waals surface area contributed by atoms with Crippen LogP contribution in [0.25, 0.3) is 0 Å². The Labute approximate surface area is 107 Å². The predicted molar refractivity (Wildman–Crippen MR) is 69.3 cm³/mol. The Morgan fingerprint density at radius 2 is 2.27 bits per heavy atom. The summed E-state index contributed by atoms with van der Waals surface area (Å²) in [6.07, 6.45) is 0.887. The smallest absolute Gasteiger partial charge is 0.261 e. The first-order valence-corrected chi connectivity index (χ1v) is 6.90. The van der Waals surface area contributed by atoms with E-state index in [2.05, 4.69) is 21.2 Å². The van der Waals surface area contributed by atoms with Gasteiger partial charge in [0, 0.05) is 10.9 Å². The Kier molecular flexibility index (Phi) is 4.62. The van der Waals surface area contributed by atoms with Gasteiger partial charge in [-0.1, -0.05) is 27.5 Å². The Balaban J connectivity index is 2.63. The molecule has 0 aliphatic heterocycles. The molecule has 0 fully saturated rings. The number of halogens is 2. The van der Waals surface area contributed by atoms with Crippen molar-refractivity contribution in [3.05, 3.63) is 21.3 Å². The average molecular weight is 311 g/mol. The summed E-state index contributed by atoms with van der Waals surface area (Å²) in [5, 5.41) is 3.84. The largest absolute Gasteiger partial charge is 0.346 e. The van der Waals surface area contributed by atoms with Crippen LogP contribution in [0.4, 0.5) is 0 Å². The zero-order valence-corrected chi connectivity index (χ0v) is 11.8. The average Bonchev–Trinajstić information content (AvgIpc) is 2.50. The second-order valence-electron chi connectivity index (χ2n) is 3.88. The highest BCUT2D eigenvalue weighted by Gasteiger charge is 2.21. The first-order valence-electron chi connectivity index (χ1n) is 4.58. The second-order valence-corrected chi connectivity index (χ2v) is 6.39. The van der Waals surface area contributed by atoms with Crippen LogP contribution in [0.1, 0.15) is 29.9 Å². The van der Waals surface area contributed by atoms with Crippen LogP contribution in [0, 0.1) is 0 Å². The maximum Gasteiger partial charge on any atom is 0.261 e. The monoisotopic (exact) mass is 309 g/mol. The van der Waals surface area contributed by atoms with Gasteiger partial charge in [-0.2, -0.15) is 0 Å². The minimum absolute atomic E-state index is 0.0575. The third kappa shape index (κ3) is 4.13. The van der Waals surface area contributed by atoms with Crippen LogP contribution in [-0.4, -0.2) is 16.8 Å². The number of hydrogen-bond acceptors (Lipinski definition) is 2. The van der Waals surface area contributed by atoms with Crippen LogP contribution in [0.2, 0.25) is 4.34 Å². The summed E-state index contributed by atoms with van der Waals surface area (Å²) >= 11 is 10.4. The molecule has 0 bridgehead atoms. The van der Waals surface area contributed by atoms with Crippen molar-refractivity contribution in [1.82, 2.24) is 5.32 Å². The second kappa shape index (κ2) is 5.32. The molecular weight excluding hydrogens is 298 g/mol. The molecule has 0 saturated heterocycles. The van der Waals surface area contributed by atoms with Crippen molar-refractivity contribution in [2.75, 3.05) is 5.33 Å². The van der Waals surface area contributed by atoms with E-state index >= 15 is 0 Å². The number of rotatable bonds is 4. The van der Waals surface area contributed by atoms with Gasteiger partial charge in [-0.25, -0.2) is 0 Å². The van der Waals surface area contributed by atoms with E-state index in [-0.39, 0.29) is 11.4 Å². The summed E-state index contributed by atoms with van der Waals surface area (Å²) in [5.41, 5.74) is -0.197. The fourth-order valence-corrected chi connectivity index (χ4v) is 3.03. The highest BCUT2D eigenvalue weighted by molar-refractivity contribution is 9.09. The number of nitrogens with one attached hydrogen (secondary N) is 1. The van der Waals surface area contributed by atoms with Crippen LogP contribution in [0.15, 0.2) is 12.1 Å². The minimum atomic E-state index is -0.197. The van der Waals surface area contributed by atoms with E-state index in [1.54, 1.807) is 12.1 Å². The van der Waals surface area contributed by atoms with Crippen LogP contribution in [0.3, 0.4) is 0 Å². The highest BCUT2D eigenvalue weighted by atomic mass is 79.9.